The van der Waals surface area contributed by atoms with Crippen molar-refractivity contribution >= 4 is 0 Å². The monoisotopic (exact) mass is 218 g/mol. The molecule has 2 rings (SSSR count). The minimum absolute atomic E-state index is 0.406. The highest BCUT2D eigenvalue weighted by atomic mass is 15.2. The number of hydrogen-bond donors (Lipinski definition) is 1. The lowest BCUT2D eigenvalue weighted by atomic mass is 9.96. The normalized spacial score (nSPS) is 24.2. The molecule has 1 aliphatic heterocycles. The Morgan fingerprint density at radius 2 is 2.12 bits per heavy atom. The zero-order valence-corrected chi connectivity index (χ0v) is 10.1. The average molecular weight is 218 g/mol. The predicted molar refractivity (Wildman–Crippen MR) is 68.2 cm³/mol. The molecule has 16 heavy (non-hydrogen) atoms. The standard InChI is InChI=1S/C14H22N2/c1-12-6-5-9-16(11-12)14(10-15)13-7-3-2-4-8-13/h2-4,7-8,12,14H,5-6,9-11,15H2,1H3/t12-,14+/m0/s1. The molecule has 88 valence electrons. The van der Waals surface area contributed by atoms with Crippen molar-refractivity contribution in [1.82, 2.24) is 4.90 Å². The predicted octanol–water partition coefficient (Wildman–Crippen LogP) is 2.42. The summed E-state index contributed by atoms with van der Waals surface area (Å²) in [6.45, 7) is 5.44. The number of nitrogens with two attached hydrogens (primary N) is 1. The zero-order chi connectivity index (χ0) is 11.4. The van der Waals surface area contributed by atoms with Gasteiger partial charge in [-0.2, -0.15) is 0 Å². The third-order valence-corrected chi connectivity index (χ3v) is 3.54. The summed E-state index contributed by atoms with van der Waals surface area (Å²) in [5.41, 5.74) is 7.30. The first-order chi connectivity index (χ1) is 7.81. The molecule has 1 fully saturated rings. The Bertz CT molecular complexity index is 310. The summed E-state index contributed by atoms with van der Waals surface area (Å²) in [5.74, 6) is 0.812. The van der Waals surface area contributed by atoms with Gasteiger partial charge in [0.2, 0.25) is 0 Å². The molecule has 0 aromatic heterocycles. The second kappa shape index (κ2) is 5.46. The van der Waals surface area contributed by atoms with E-state index < -0.39 is 0 Å². The highest BCUT2D eigenvalue weighted by Gasteiger charge is 2.23. The van der Waals surface area contributed by atoms with Gasteiger partial charge in [-0.15, -0.1) is 0 Å². The van der Waals surface area contributed by atoms with E-state index in [-0.39, 0.29) is 0 Å². The van der Waals surface area contributed by atoms with Crippen LogP contribution in [0.4, 0.5) is 0 Å². The number of rotatable bonds is 3. The smallest absolute Gasteiger partial charge is 0.0470 e. The Labute approximate surface area is 98.4 Å². The third-order valence-electron chi connectivity index (χ3n) is 3.54. The van der Waals surface area contributed by atoms with Crippen LogP contribution in [-0.2, 0) is 0 Å². The van der Waals surface area contributed by atoms with Gasteiger partial charge in [0.05, 0.1) is 0 Å². The molecule has 1 aromatic carbocycles. The van der Waals surface area contributed by atoms with Gasteiger partial charge in [-0.05, 0) is 30.9 Å². The number of hydrogen-bond acceptors (Lipinski definition) is 2. The summed E-state index contributed by atoms with van der Waals surface area (Å²) in [4.78, 5) is 2.55. The van der Waals surface area contributed by atoms with Gasteiger partial charge in [0.15, 0.2) is 0 Å². The molecule has 2 N–H and O–H groups in total. The van der Waals surface area contributed by atoms with E-state index in [9.17, 15) is 0 Å². The summed E-state index contributed by atoms with van der Waals surface area (Å²) in [6.07, 6.45) is 2.67. The second-order valence-corrected chi connectivity index (χ2v) is 4.90. The number of nitrogens with zero attached hydrogens (tertiary/aromatic N) is 1. The lowest BCUT2D eigenvalue weighted by Crippen LogP contribution is -2.40. The molecule has 1 aliphatic rings. The Balaban J connectivity index is 2.10. The summed E-state index contributed by atoms with van der Waals surface area (Å²) in [7, 11) is 0. The first-order valence-corrected chi connectivity index (χ1v) is 6.30. The highest BCUT2D eigenvalue weighted by molar-refractivity contribution is 5.19. The lowest BCUT2D eigenvalue weighted by Gasteiger charge is -2.37. The molecular weight excluding hydrogens is 196 g/mol. The van der Waals surface area contributed by atoms with E-state index in [1.807, 2.05) is 0 Å². The minimum atomic E-state index is 0.406. The van der Waals surface area contributed by atoms with Gasteiger partial charge in [0.25, 0.3) is 0 Å². The van der Waals surface area contributed by atoms with Crippen molar-refractivity contribution in [1.29, 1.82) is 0 Å². The average Bonchev–Trinajstić information content (AvgIpc) is 2.31. The molecule has 1 aromatic rings. The maximum Gasteiger partial charge on any atom is 0.0470 e. The zero-order valence-electron chi connectivity index (χ0n) is 10.1. The van der Waals surface area contributed by atoms with Crippen LogP contribution < -0.4 is 5.73 Å². The molecule has 0 unspecified atom stereocenters. The van der Waals surface area contributed by atoms with Crippen LogP contribution in [0.1, 0.15) is 31.4 Å². The van der Waals surface area contributed by atoms with Crippen LogP contribution in [0.2, 0.25) is 0 Å². The highest BCUT2D eigenvalue weighted by Crippen LogP contribution is 2.25. The second-order valence-electron chi connectivity index (χ2n) is 4.90. The molecule has 0 aliphatic carbocycles. The van der Waals surface area contributed by atoms with Crippen molar-refractivity contribution in [2.24, 2.45) is 11.7 Å². The van der Waals surface area contributed by atoms with Crippen LogP contribution in [0.15, 0.2) is 30.3 Å². The maximum atomic E-state index is 5.94. The maximum absolute atomic E-state index is 5.94. The van der Waals surface area contributed by atoms with Gasteiger partial charge in [-0.25, -0.2) is 0 Å². The van der Waals surface area contributed by atoms with E-state index in [4.69, 9.17) is 5.73 Å². The van der Waals surface area contributed by atoms with Gasteiger partial charge in [-0.3, -0.25) is 4.90 Å². The molecular formula is C14H22N2. The molecule has 1 heterocycles. The van der Waals surface area contributed by atoms with Gasteiger partial charge in [0.1, 0.15) is 0 Å². The Morgan fingerprint density at radius 1 is 1.38 bits per heavy atom. The molecule has 0 spiro atoms. The molecule has 2 atom stereocenters. The van der Waals surface area contributed by atoms with Crippen molar-refractivity contribution in [2.45, 2.75) is 25.8 Å². The summed E-state index contributed by atoms with van der Waals surface area (Å²) >= 11 is 0. The van der Waals surface area contributed by atoms with E-state index in [1.54, 1.807) is 0 Å². The Morgan fingerprint density at radius 3 is 2.75 bits per heavy atom. The first-order valence-electron chi connectivity index (χ1n) is 6.30. The number of benzene rings is 1. The quantitative estimate of drug-likeness (QED) is 0.844. The van der Waals surface area contributed by atoms with E-state index in [2.05, 4.69) is 42.2 Å². The fourth-order valence-corrected chi connectivity index (χ4v) is 2.68. The van der Waals surface area contributed by atoms with Crippen LogP contribution in [-0.4, -0.2) is 24.5 Å². The van der Waals surface area contributed by atoms with E-state index in [0.717, 1.165) is 12.5 Å². The van der Waals surface area contributed by atoms with Crippen molar-refractivity contribution < 1.29 is 0 Å². The summed E-state index contributed by atoms with van der Waals surface area (Å²) in [5, 5.41) is 0. The van der Waals surface area contributed by atoms with Crippen LogP contribution in [0.25, 0.3) is 0 Å². The molecule has 1 saturated heterocycles. The summed E-state index contributed by atoms with van der Waals surface area (Å²) < 4.78 is 0. The number of likely N-dealkylation sites (tertiary alicyclic amines) is 1. The molecule has 0 radical (unpaired) electrons. The van der Waals surface area contributed by atoms with Crippen molar-refractivity contribution in [3.05, 3.63) is 35.9 Å². The molecule has 0 saturated carbocycles. The largest absolute Gasteiger partial charge is 0.329 e. The molecule has 0 amide bonds. The van der Waals surface area contributed by atoms with Gasteiger partial charge in [-0.1, -0.05) is 37.3 Å². The fourth-order valence-electron chi connectivity index (χ4n) is 2.68. The Hall–Kier alpha value is -0.860. The third kappa shape index (κ3) is 2.63. The Kier molecular flexibility index (Phi) is 3.97. The van der Waals surface area contributed by atoms with Crippen LogP contribution in [0.3, 0.4) is 0 Å². The van der Waals surface area contributed by atoms with E-state index in [1.165, 1.54) is 31.5 Å². The minimum Gasteiger partial charge on any atom is -0.329 e. The van der Waals surface area contributed by atoms with Crippen molar-refractivity contribution in [3.8, 4) is 0 Å². The van der Waals surface area contributed by atoms with E-state index >= 15 is 0 Å². The van der Waals surface area contributed by atoms with Crippen LogP contribution in [0, 0.1) is 5.92 Å². The lowest BCUT2D eigenvalue weighted by molar-refractivity contribution is 0.133. The van der Waals surface area contributed by atoms with Crippen LogP contribution >= 0.6 is 0 Å². The van der Waals surface area contributed by atoms with Gasteiger partial charge >= 0.3 is 0 Å². The molecule has 2 nitrogen and oxygen atoms in total. The van der Waals surface area contributed by atoms with Gasteiger partial charge < -0.3 is 5.73 Å². The topological polar surface area (TPSA) is 29.3 Å². The molecule has 2 heteroatoms. The van der Waals surface area contributed by atoms with Crippen molar-refractivity contribution in [3.63, 3.8) is 0 Å². The van der Waals surface area contributed by atoms with Crippen LogP contribution in [0.5, 0.6) is 0 Å². The fraction of sp³-hybridized carbons (Fsp3) is 0.571. The number of piperidine rings is 1. The first kappa shape index (κ1) is 11.6. The van der Waals surface area contributed by atoms with Crippen molar-refractivity contribution in [2.75, 3.05) is 19.6 Å². The van der Waals surface area contributed by atoms with E-state index in [0.29, 0.717) is 6.04 Å². The molecule has 0 bridgehead atoms. The summed E-state index contributed by atoms with van der Waals surface area (Å²) in [6, 6.07) is 11.1. The van der Waals surface area contributed by atoms with Gasteiger partial charge in [0, 0.05) is 19.1 Å². The SMILES string of the molecule is C[C@H]1CCCN([C@H](CN)c2ccccc2)C1.